The van der Waals surface area contributed by atoms with Gasteiger partial charge in [0.2, 0.25) is 0 Å². The van der Waals surface area contributed by atoms with Gasteiger partial charge in [-0.05, 0) is 46.2 Å². The summed E-state index contributed by atoms with van der Waals surface area (Å²) in [6, 6.07) is 5.21. The summed E-state index contributed by atoms with van der Waals surface area (Å²) >= 11 is 0. The molecule has 1 amide bonds. The smallest absolute Gasteiger partial charge is 0.410 e. The topological polar surface area (TPSA) is 99.0 Å². The Balaban J connectivity index is 2.05. The predicted octanol–water partition coefficient (Wildman–Crippen LogP) is 4.18. The molecule has 28 heavy (non-hydrogen) atoms. The molecule has 0 saturated carbocycles. The van der Waals surface area contributed by atoms with Gasteiger partial charge in [-0.15, -0.1) is 0 Å². The van der Waals surface area contributed by atoms with Crippen LogP contribution in [0.25, 0.3) is 0 Å². The average Bonchev–Trinajstić information content (AvgIpc) is 2.60. The van der Waals surface area contributed by atoms with Gasteiger partial charge >= 0.3 is 12.1 Å². The van der Waals surface area contributed by atoms with E-state index in [4.69, 9.17) is 9.47 Å². The summed E-state index contributed by atoms with van der Waals surface area (Å²) in [5.74, 6) is -0.526. The second-order valence-corrected chi connectivity index (χ2v) is 8.13. The minimum Gasteiger partial charge on any atom is -0.458 e. The maximum Gasteiger partial charge on any atom is 0.410 e. The SMILES string of the molecule is CC[C@@H]1CN(C(=O)OC(C)(C)C)[C@H](C)C[C@@H]1OC(=O)c1ccc([N+](=O)[O-])cc1. The summed E-state index contributed by atoms with van der Waals surface area (Å²) in [7, 11) is 0. The molecule has 3 atom stereocenters. The zero-order valence-electron chi connectivity index (χ0n) is 17.0. The Morgan fingerprint density at radius 1 is 1.25 bits per heavy atom. The molecule has 1 fully saturated rings. The van der Waals surface area contributed by atoms with Gasteiger partial charge in [-0.2, -0.15) is 0 Å². The van der Waals surface area contributed by atoms with Crippen LogP contribution in [-0.2, 0) is 9.47 Å². The number of rotatable bonds is 4. The zero-order chi connectivity index (χ0) is 21.1. The van der Waals surface area contributed by atoms with E-state index in [2.05, 4.69) is 0 Å². The molecule has 1 saturated heterocycles. The minimum atomic E-state index is -0.572. The van der Waals surface area contributed by atoms with E-state index in [9.17, 15) is 19.7 Å². The summed E-state index contributed by atoms with van der Waals surface area (Å²) in [5, 5.41) is 10.7. The summed E-state index contributed by atoms with van der Waals surface area (Å²) in [5.41, 5.74) is -0.387. The van der Waals surface area contributed by atoms with Crippen LogP contribution in [0.15, 0.2) is 24.3 Å². The van der Waals surface area contributed by atoms with E-state index >= 15 is 0 Å². The van der Waals surface area contributed by atoms with Gasteiger partial charge in [0, 0.05) is 37.1 Å². The van der Waals surface area contributed by atoms with Gasteiger partial charge in [0.15, 0.2) is 0 Å². The molecule has 1 aliphatic heterocycles. The summed E-state index contributed by atoms with van der Waals surface area (Å²) in [6.45, 7) is 9.82. The third-order valence-corrected chi connectivity index (χ3v) is 4.79. The largest absolute Gasteiger partial charge is 0.458 e. The van der Waals surface area contributed by atoms with Crippen molar-refractivity contribution in [2.75, 3.05) is 6.54 Å². The molecule has 0 radical (unpaired) electrons. The number of nitro benzene ring substituents is 1. The second-order valence-electron chi connectivity index (χ2n) is 8.13. The minimum absolute atomic E-state index is 0.00860. The molecule has 0 aromatic heterocycles. The highest BCUT2D eigenvalue weighted by Crippen LogP contribution is 2.29. The number of hydrogen-bond donors (Lipinski definition) is 0. The third-order valence-electron chi connectivity index (χ3n) is 4.79. The fraction of sp³-hybridized carbons (Fsp3) is 0.600. The molecule has 0 N–H and O–H groups in total. The van der Waals surface area contributed by atoms with Gasteiger partial charge in [0.1, 0.15) is 11.7 Å². The fourth-order valence-electron chi connectivity index (χ4n) is 3.24. The van der Waals surface area contributed by atoms with E-state index in [1.165, 1.54) is 24.3 Å². The van der Waals surface area contributed by atoms with Gasteiger partial charge < -0.3 is 14.4 Å². The molecule has 8 heteroatoms. The first-order chi connectivity index (χ1) is 13.0. The Morgan fingerprint density at radius 3 is 2.36 bits per heavy atom. The fourth-order valence-corrected chi connectivity index (χ4v) is 3.24. The Kier molecular flexibility index (Phi) is 6.64. The van der Waals surface area contributed by atoms with Gasteiger partial charge in [-0.1, -0.05) is 6.92 Å². The van der Waals surface area contributed by atoms with Crippen molar-refractivity contribution >= 4 is 17.7 Å². The Morgan fingerprint density at radius 2 is 1.86 bits per heavy atom. The van der Waals surface area contributed by atoms with Crippen LogP contribution in [0.3, 0.4) is 0 Å². The predicted molar refractivity (Wildman–Crippen MR) is 103 cm³/mol. The molecular weight excluding hydrogens is 364 g/mol. The molecule has 1 aliphatic rings. The highest BCUT2D eigenvalue weighted by atomic mass is 16.6. The lowest BCUT2D eigenvalue weighted by atomic mass is 9.88. The number of carbonyl (C=O) groups is 2. The molecule has 154 valence electrons. The zero-order valence-corrected chi connectivity index (χ0v) is 17.0. The molecule has 0 unspecified atom stereocenters. The van der Waals surface area contributed by atoms with E-state index in [1.54, 1.807) is 4.90 Å². The second kappa shape index (κ2) is 8.58. The lowest BCUT2D eigenvalue weighted by Crippen LogP contribution is -2.53. The van der Waals surface area contributed by atoms with Gasteiger partial charge in [-0.25, -0.2) is 9.59 Å². The number of nitrogens with zero attached hydrogens (tertiary/aromatic N) is 2. The van der Waals surface area contributed by atoms with Crippen LogP contribution in [0.1, 0.15) is 57.8 Å². The number of carbonyl (C=O) groups excluding carboxylic acids is 2. The van der Waals surface area contributed by atoms with E-state index < -0.39 is 16.5 Å². The molecule has 1 aromatic carbocycles. The van der Waals surface area contributed by atoms with Crippen molar-refractivity contribution in [3.05, 3.63) is 39.9 Å². The molecule has 1 heterocycles. The molecule has 2 rings (SSSR count). The number of non-ortho nitro benzene ring substituents is 1. The number of nitro groups is 1. The van der Waals surface area contributed by atoms with E-state index in [-0.39, 0.29) is 35.4 Å². The Bertz CT molecular complexity index is 725. The van der Waals surface area contributed by atoms with Gasteiger partial charge in [0.25, 0.3) is 5.69 Å². The van der Waals surface area contributed by atoms with Crippen LogP contribution >= 0.6 is 0 Å². The maximum atomic E-state index is 12.5. The number of amides is 1. The average molecular weight is 392 g/mol. The monoisotopic (exact) mass is 392 g/mol. The quantitative estimate of drug-likeness (QED) is 0.433. The number of hydrogen-bond acceptors (Lipinski definition) is 6. The Hall–Kier alpha value is -2.64. The first-order valence-electron chi connectivity index (χ1n) is 9.47. The highest BCUT2D eigenvalue weighted by molar-refractivity contribution is 5.89. The van der Waals surface area contributed by atoms with Gasteiger partial charge in [-0.3, -0.25) is 10.1 Å². The highest BCUT2D eigenvalue weighted by Gasteiger charge is 2.38. The number of ether oxygens (including phenoxy) is 2. The van der Waals surface area contributed by atoms with E-state index in [0.717, 1.165) is 6.42 Å². The van der Waals surface area contributed by atoms with Crippen molar-refractivity contribution in [2.24, 2.45) is 5.92 Å². The van der Waals surface area contributed by atoms with E-state index in [0.29, 0.717) is 13.0 Å². The van der Waals surface area contributed by atoms with Crippen LogP contribution in [-0.4, -0.2) is 46.2 Å². The number of esters is 1. The number of piperidine rings is 1. The van der Waals surface area contributed by atoms with Crippen molar-refractivity contribution < 1.29 is 24.0 Å². The van der Waals surface area contributed by atoms with Gasteiger partial charge in [0.05, 0.1) is 10.5 Å². The van der Waals surface area contributed by atoms with Crippen molar-refractivity contribution in [3.63, 3.8) is 0 Å². The van der Waals surface area contributed by atoms with Crippen LogP contribution < -0.4 is 0 Å². The molecule has 0 spiro atoms. The number of likely N-dealkylation sites (tertiary alicyclic amines) is 1. The summed E-state index contributed by atoms with van der Waals surface area (Å²) < 4.78 is 11.2. The first kappa shape index (κ1) is 21.7. The molecule has 0 aliphatic carbocycles. The van der Waals surface area contributed by atoms with Crippen LogP contribution in [0, 0.1) is 16.0 Å². The van der Waals surface area contributed by atoms with Crippen molar-refractivity contribution in [1.82, 2.24) is 4.90 Å². The third kappa shape index (κ3) is 5.43. The lowest BCUT2D eigenvalue weighted by molar-refractivity contribution is -0.384. The maximum absolute atomic E-state index is 12.5. The first-order valence-corrected chi connectivity index (χ1v) is 9.47. The van der Waals surface area contributed by atoms with Crippen LogP contribution in [0.5, 0.6) is 0 Å². The van der Waals surface area contributed by atoms with Crippen LogP contribution in [0.4, 0.5) is 10.5 Å². The number of benzene rings is 1. The van der Waals surface area contributed by atoms with Crippen molar-refractivity contribution in [2.45, 2.75) is 65.2 Å². The summed E-state index contributed by atoms with van der Waals surface area (Å²) in [6.07, 6.45) is 0.556. The van der Waals surface area contributed by atoms with Crippen LogP contribution in [0.2, 0.25) is 0 Å². The molecule has 0 bridgehead atoms. The Labute approximate surface area is 164 Å². The molecule has 8 nitrogen and oxygen atoms in total. The normalized spacial score (nSPS) is 22.5. The summed E-state index contributed by atoms with van der Waals surface area (Å²) in [4.78, 5) is 36.8. The molecular formula is C20H28N2O6. The molecule has 1 aromatic rings. The van der Waals surface area contributed by atoms with Crippen molar-refractivity contribution in [1.29, 1.82) is 0 Å². The standard InChI is InChI=1S/C20H28N2O6/c1-6-14-12-21(19(24)28-20(3,4)5)13(2)11-17(14)27-18(23)15-7-9-16(10-8-15)22(25)26/h7-10,13-14,17H,6,11-12H2,1-5H3/t13-,14-,17+/m1/s1. The van der Waals surface area contributed by atoms with Crippen molar-refractivity contribution in [3.8, 4) is 0 Å². The lowest BCUT2D eigenvalue weighted by Gasteiger charge is -2.42. The van der Waals surface area contributed by atoms with E-state index in [1.807, 2.05) is 34.6 Å².